The summed E-state index contributed by atoms with van der Waals surface area (Å²) in [5.74, 6) is 0. The van der Waals surface area contributed by atoms with Gasteiger partial charge in [-0.3, -0.25) is 0 Å². The van der Waals surface area contributed by atoms with Gasteiger partial charge in [0.2, 0.25) is 8.32 Å². The summed E-state index contributed by atoms with van der Waals surface area (Å²) in [7, 11) is -5.54. The lowest BCUT2D eigenvalue weighted by atomic mass is 10.4. The molecule has 0 saturated heterocycles. The van der Waals surface area contributed by atoms with Crippen molar-refractivity contribution in [2.45, 2.75) is 6.55 Å². The Bertz CT molecular complexity index is 875. The van der Waals surface area contributed by atoms with Crippen LogP contribution in [0.4, 0.5) is 0 Å². The van der Waals surface area contributed by atoms with Crippen molar-refractivity contribution in [1.29, 1.82) is 0 Å². The Hall–Kier alpha value is -2.44. The SMILES string of the molecule is C[Si](O[Si](Cl)(c1ccccc1)c1ccccc1)(c1ccccc1)c1ccccc1. The van der Waals surface area contributed by atoms with E-state index in [9.17, 15) is 0 Å². The van der Waals surface area contributed by atoms with Gasteiger partial charge in [0.25, 0.3) is 0 Å². The van der Waals surface area contributed by atoms with Crippen LogP contribution >= 0.6 is 11.1 Å². The molecule has 144 valence electrons. The van der Waals surface area contributed by atoms with Crippen LogP contribution in [0.5, 0.6) is 0 Å². The molecule has 0 radical (unpaired) electrons. The molecular formula is C25H23ClOSi2. The first-order valence-corrected chi connectivity index (χ1v) is 15.1. The van der Waals surface area contributed by atoms with Crippen molar-refractivity contribution in [3.63, 3.8) is 0 Å². The molecule has 4 aromatic rings. The third-order valence-corrected chi connectivity index (χ3v) is 15.1. The highest BCUT2D eigenvalue weighted by Gasteiger charge is 2.47. The van der Waals surface area contributed by atoms with Gasteiger partial charge in [-0.25, -0.2) is 0 Å². The molecule has 0 heterocycles. The topological polar surface area (TPSA) is 9.23 Å². The first-order chi connectivity index (χ1) is 14.1. The fraction of sp³-hybridized carbons (Fsp3) is 0.0400. The maximum Gasteiger partial charge on any atom is 0.345 e. The number of hydrogen-bond acceptors (Lipinski definition) is 1. The Labute approximate surface area is 179 Å². The molecule has 0 spiro atoms. The lowest BCUT2D eigenvalue weighted by molar-refractivity contribution is 0.601. The normalized spacial score (nSPS) is 11.9. The summed E-state index contributed by atoms with van der Waals surface area (Å²) >= 11 is 7.53. The number of hydrogen-bond donors (Lipinski definition) is 0. The smallest absolute Gasteiger partial charge is 0.345 e. The number of benzene rings is 4. The van der Waals surface area contributed by atoms with Gasteiger partial charge in [-0.1, -0.05) is 121 Å². The van der Waals surface area contributed by atoms with Crippen LogP contribution in [0.25, 0.3) is 0 Å². The summed E-state index contributed by atoms with van der Waals surface area (Å²) < 4.78 is 7.21. The zero-order chi connectivity index (χ0) is 20.2. The predicted octanol–water partition coefficient (Wildman–Crippen LogP) is 3.89. The summed E-state index contributed by atoms with van der Waals surface area (Å²) in [5.41, 5.74) is 0. The summed E-state index contributed by atoms with van der Waals surface area (Å²) in [6.07, 6.45) is 0. The van der Waals surface area contributed by atoms with Crippen LogP contribution in [0.1, 0.15) is 0 Å². The van der Waals surface area contributed by atoms with E-state index in [2.05, 4.69) is 79.3 Å². The molecule has 4 aromatic carbocycles. The fourth-order valence-corrected chi connectivity index (χ4v) is 13.5. The molecule has 0 bridgehead atoms. The molecule has 0 aliphatic carbocycles. The zero-order valence-electron chi connectivity index (χ0n) is 16.3. The summed E-state index contributed by atoms with van der Waals surface area (Å²) in [4.78, 5) is 0. The highest BCUT2D eigenvalue weighted by atomic mass is 35.6. The molecule has 0 N–H and O–H groups in total. The fourth-order valence-electron chi connectivity index (χ4n) is 3.67. The largest absolute Gasteiger partial charge is 0.431 e. The van der Waals surface area contributed by atoms with Gasteiger partial charge in [0.15, 0.2) is 0 Å². The molecule has 0 aromatic heterocycles. The molecule has 0 aliphatic rings. The number of halogens is 1. The van der Waals surface area contributed by atoms with Crippen LogP contribution in [0, 0.1) is 0 Å². The Balaban J connectivity index is 1.91. The van der Waals surface area contributed by atoms with Gasteiger partial charge in [0.05, 0.1) is 0 Å². The molecule has 4 rings (SSSR count). The molecule has 0 saturated carbocycles. The van der Waals surface area contributed by atoms with Gasteiger partial charge in [-0.05, 0) is 27.3 Å². The van der Waals surface area contributed by atoms with E-state index in [0.717, 1.165) is 10.4 Å². The molecule has 0 fully saturated rings. The van der Waals surface area contributed by atoms with Crippen molar-refractivity contribution in [1.82, 2.24) is 0 Å². The second-order valence-electron chi connectivity index (χ2n) is 7.19. The molecule has 0 unspecified atom stereocenters. The van der Waals surface area contributed by atoms with Crippen molar-refractivity contribution in [3.8, 4) is 0 Å². The van der Waals surface area contributed by atoms with Gasteiger partial charge < -0.3 is 4.12 Å². The first kappa shape index (κ1) is 19.9. The van der Waals surface area contributed by atoms with Crippen LogP contribution in [-0.2, 0) is 4.12 Å². The van der Waals surface area contributed by atoms with Crippen LogP contribution in [0.15, 0.2) is 121 Å². The van der Waals surface area contributed by atoms with Crippen molar-refractivity contribution in [3.05, 3.63) is 121 Å². The van der Waals surface area contributed by atoms with Gasteiger partial charge in [-0.15, -0.1) is 11.1 Å². The third-order valence-electron chi connectivity index (χ3n) is 5.28. The van der Waals surface area contributed by atoms with Gasteiger partial charge >= 0.3 is 7.63 Å². The summed E-state index contributed by atoms with van der Waals surface area (Å²) in [5, 5.41) is 4.57. The average Bonchev–Trinajstić information content (AvgIpc) is 2.81. The lowest BCUT2D eigenvalue weighted by Gasteiger charge is -2.37. The minimum Gasteiger partial charge on any atom is -0.431 e. The van der Waals surface area contributed by atoms with E-state index < -0.39 is 15.9 Å². The van der Waals surface area contributed by atoms with E-state index in [1.165, 1.54) is 10.4 Å². The maximum absolute atomic E-state index is 7.53. The van der Waals surface area contributed by atoms with Crippen LogP contribution in [-0.4, -0.2) is 15.9 Å². The lowest BCUT2D eigenvalue weighted by Crippen LogP contribution is -2.69. The Morgan fingerprint density at radius 3 is 1.07 bits per heavy atom. The predicted molar refractivity (Wildman–Crippen MR) is 129 cm³/mol. The maximum atomic E-state index is 7.53. The molecule has 29 heavy (non-hydrogen) atoms. The second kappa shape index (κ2) is 8.51. The van der Waals surface area contributed by atoms with E-state index in [1.807, 2.05) is 48.5 Å². The molecule has 0 amide bonds. The monoisotopic (exact) mass is 430 g/mol. The molecular weight excluding hydrogens is 408 g/mol. The average molecular weight is 431 g/mol. The standard InChI is InChI=1S/C25H23ClOSi2/c1-28(22-14-6-2-7-15-22,23-16-8-3-9-17-23)27-29(26,24-18-10-4-11-19-24)25-20-12-5-13-21-25/h2-21H,1H3. The molecule has 0 aliphatic heterocycles. The second-order valence-corrected chi connectivity index (χ2v) is 15.2. The van der Waals surface area contributed by atoms with E-state index in [0.29, 0.717) is 0 Å². The van der Waals surface area contributed by atoms with E-state index in [4.69, 9.17) is 15.2 Å². The van der Waals surface area contributed by atoms with Crippen molar-refractivity contribution in [2.75, 3.05) is 0 Å². The van der Waals surface area contributed by atoms with Crippen LogP contribution in [0.2, 0.25) is 6.55 Å². The minimum atomic E-state index is -2.97. The first-order valence-electron chi connectivity index (χ1n) is 9.74. The zero-order valence-corrected chi connectivity index (χ0v) is 19.1. The van der Waals surface area contributed by atoms with Gasteiger partial charge in [-0.2, -0.15) is 0 Å². The number of rotatable bonds is 6. The summed E-state index contributed by atoms with van der Waals surface area (Å²) in [6, 6.07) is 41.6. The molecule has 1 nitrogen and oxygen atoms in total. The highest BCUT2D eigenvalue weighted by Crippen LogP contribution is 2.20. The third kappa shape index (κ3) is 4.00. The van der Waals surface area contributed by atoms with Gasteiger partial charge in [0, 0.05) is 0 Å². The summed E-state index contributed by atoms with van der Waals surface area (Å²) in [6.45, 7) is 2.26. The van der Waals surface area contributed by atoms with E-state index >= 15 is 0 Å². The van der Waals surface area contributed by atoms with Crippen LogP contribution < -0.4 is 20.7 Å². The van der Waals surface area contributed by atoms with Crippen molar-refractivity contribution < 1.29 is 4.12 Å². The van der Waals surface area contributed by atoms with Crippen molar-refractivity contribution in [2.24, 2.45) is 0 Å². The Kier molecular flexibility index (Phi) is 5.83. The Morgan fingerprint density at radius 2 is 0.759 bits per heavy atom. The Morgan fingerprint density at radius 1 is 0.483 bits per heavy atom. The quantitative estimate of drug-likeness (QED) is 0.333. The molecule has 0 atom stereocenters. The van der Waals surface area contributed by atoms with Crippen LogP contribution in [0.3, 0.4) is 0 Å². The van der Waals surface area contributed by atoms with Crippen molar-refractivity contribution >= 4 is 47.8 Å². The van der Waals surface area contributed by atoms with E-state index in [-0.39, 0.29) is 0 Å². The van der Waals surface area contributed by atoms with E-state index in [1.54, 1.807) is 0 Å². The minimum absolute atomic E-state index is 1.07. The molecule has 4 heteroatoms. The highest BCUT2D eigenvalue weighted by molar-refractivity contribution is 7.33. The van der Waals surface area contributed by atoms with Gasteiger partial charge in [0.1, 0.15) is 0 Å².